The Kier molecular flexibility index (Phi) is 12.7. The van der Waals surface area contributed by atoms with Gasteiger partial charge in [0.1, 0.15) is 24.5 Å². The normalized spacial score (nSPS) is 27.5. The van der Waals surface area contributed by atoms with Crippen molar-refractivity contribution in [3.8, 4) is 16.9 Å². The Morgan fingerprint density at radius 3 is 2.51 bits per heavy atom. The number of carbonyl (C=O) groups is 2. The lowest BCUT2D eigenvalue weighted by Crippen LogP contribution is -2.55. The monoisotopic (exact) mass is 710 g/mol. The molecule has 1 aliphatic carbocycles. The number of anilines is 1. The van der Waals surface area contributed by atoms with E-state index in [2.05, 4.69) is 37.9 Å². The largest absolute Gasteiger partial charge is 0.491 e. The van der Waals surface area contributed by atoms with E-state index in [0.717, 1.165) is 37.2 Å². The Hall–Kier alpha value is -3.26. The minimum atomic E-state index is -1.03. The Morgan fingerprint density at radius 1 is 1.14 bits per heavy atom. The fourth-order valence-electron chi connectivity index (χ4n) is 7.98. The summed E-state index contributed by atoms with van der Waals surface area (Å²) >= 11 is 0. The average molecular weight is 711 g/mol. The molecule has 2 aromatic rings. The summed E-state index contributed by atoms with van der Waals surface area (Å²) in [6.07, 6.45) is 0.123. The van der Waals surface area contributed by atoms with E-state index in [1.807, 2.05) is 43.3 Å². The first-order chi connectivity index (χ1) is 24.2. The Balaban J connectivity index is 1.50. The molecule has 4 N–H and O–H groups in total. The van der Waals surface area contributed by atoms with Crippen molar-refractivity contribution in [3.05, 3.63) is 47.5 Å². The van der Waals surface area contributed by atoms with Crippen LogP contribution in [-0.2, 0) is 20.9 Å². The maximum atomic E-state index is 14.3. The maximum Gasteiger partial charge on any atom is 0.335 e. The third-order valence-corrected chi connectivity index (χ3v) is 11.4. The molecular formula is C39H58N4O8. The van der Waals surface area contributed by atoms with Crippen molar-refractivity contribution >= 4 is 17.6 Å². The van der Waals surface area contributed by atoms with E-state index in [-0.39, 0.29) is 42.0 Å². The first-order valence-electron chi connectivity index (χ1n) is 18.3. The summed E-state index contributed by atoms with van der Waals surface area (Å²) in [6, 6.07) is 10.0. The van der Waals surface area contributed by atoms with Gasteiger partial charge in [-0.25, -0.2) is 4.79 Å². The smallest absolute Gasteiger partial charge is 0.335 e. The molecule has 2 unspecified atom stereocenters. The van der Waals surface area contributed by atoms with Crippen LogP contribution in [0.4, 0.5) is 5.69 Å². The fraction of sp³-hybridized carbons (Fsp3) is 0.641. The summed E-state index contributed by atoms with van der Waals surface area (Å²) in [5.41, 5.74) is 3.17. The standard InChI is InChI=1S/C39H58N4O8/c1-24-21-39(4,5)25(2)17-32(24)40-37(46)35-34(26(3)45)33(23-44)51-43(35)22-27-9-8-10-31(36(27)50-16-13-42-11-14-49-15-12-42)28-18-29(38(47)48)20-30(19-28)41(6)7/h8-10,18-20,24-26,32-35,44-45H,11-17,21-23H2,1-7H3,(H,40,46)(H,47,48)/t24?,25-,26+,32+,33?,34-,35+/m1/s1. The number of hydrogen-bond acceptors (Lipinski definition) is 10. The maximum absolute atomic E-state index is 14.3. The highest BCUT2D eigenvalue weighted by atomic mass is 16.7. The van der Waals surface area contributed by atoms with Crippen molar-refractivity contribution in [2.75, 3.05) is 65.1 Å². The molecule has 0 spiro atoms. The molecule has 2 saturated heterocycles. The van der Waals surface area contributed by atoms with Gasteiger partial charge in [-0.15, -0.1) is 0 Å². The Morgan fingerprint density at radius 2 is 1.86 bits per heavy atom. The van der Waals surface area contributed by atoms with Crippen LogP contribution in [0, 0.1) is 23.2 Å². The number of ether oxygens (including phenoxy) is 2. The van der Waals surface area contributed by atoms with Crippen molar-refractivity contribution in [2.45, 2.75) is 78.3 Å². The highest BCUT2D eigenvalue weighted by Crippen LogP contribution is 2.44. The summed E-state index contributed by atoms with van der Waals surface area (Å²) in [5, 5.41) is 36.2. The number of morpholine rings is 1. The second-order valence-corrected chi connectivity index (χ2v) is 15.7. The molecule has 1 saturated carbocycles. The van der Waals surface area contributed by atoms with Crippen LogP contribution in [0.25, 0.3) is 11.1 Å². The summed E-state index contributed by atoms with van der Waals surface area (Å²) in [4.78, 5) is 36.9. The van der Waals surface area contributed by atoms with Gasteiger partial charge in [0.25, 0.3) is 0 Å². The molecule has 282 valence electrons. The van der Waals surface area contributed by atoms with E-state index >= 15 is 0 Å². The first kappa shape index (κ1) is 39.0. The number of rotatable bonds is 13. The number of benzene rings is 2. The van der Waals surface area contributed by atoms with Crippen LogP contribution in [0.3, 0.4) is 0 Å². The molecule has 2 heterocycles. The molecule has 3 fully saturated rings. The van der Waals surface area contributed by atoms with Crippen LogP contribution in [0.2, 0.25) is 0 Å². The van der Waals surface area contributed by atoms with Gasteiger partial charge in [0.05, 0.1) is 38.0 Å². The van der Waals surface area contributed by atoms with E-state index < -0.39 is 30.1 Å². The van der Waals surface area contributed by atoms with Gasteiger partial charge in [-0.1, -0.05) is 45.9 Å². The van der Waals surface area contributed by atoms with Crippen LogP contribution >= 0.6 is 0 Å². The molecule has 0 radical (unpaired) electrons. The minimum absolute atomic E-state index is 0.0278. The molecule has 51 heavy (non-hydrogen) atoms. The van der Waals surface area contributed by atoms with Crippen molar-refractivity contribution in [2.24, 2.45) is 23.2 Å². The molecule has 2 aromatic carbocycles. The molecule has 1 amide bonds. The predicted molar refractivity (Wildman–Crippen MR) is 196 cm³/mol. The molecule has 3 aliphatic rings. The van der Waals surface area contributed by atoms with E-state index in [1.165, 1.54) is 0 Å². The van der Waals surface area contributed by atoms with Gasteiger partial charge in [0.2, 0.25) is 5.91 Å². The number of para-hydroxylation sites is 1. The number of hydrogen-bond donors (Lipinski definition) is 4. The molecular weight excluding hydrogens is 652 g/mol. The van der Waals surface area contributed by atoms with E-state index in [4.69, 9.17) is 14.3 Å². The predicted octanol–water partition coefficient (Wildman–Crippen LogP) is 3.88. The van der Waals surface area contributed by atoms with Crippen molar-refractivity contribution in [3.63, 3.8) is 0 Å². The van der Waals surface area contributed by atoms with Crippen molar-refractivity contribution in [1.29, 1.82) is 0 Å². The highest BCUT2D eigenvalue weighted by Gasteiger charge is 2.50. The van der Waals surface area contributed by atoms with Crippen LogP contribution in [-0.4, -0.2) is 122 Å². The number of aromatic carboxylic acids is 1. The number of carbonyl (C=O) groups excluding carboxylic acids is 1. The van der Waals surface area contributed by atoms with Crippen molar-refractivity contribution in [1.82, 2.24) is 15.3 Å². The van der Waals surface area contributed by atoms with Gasteiger partial charge < -0.3 is 35.0 Å². The average Bonchev–Trinajstić information content (AvgIpc) is 3.46. The Labute approximate surface area is 302 Å². The lowest BCUT2D eigenvalue weighted by atomic mass is 9.64. The lowest BCUT2D eigenvalue weighted by Gasteiger charge is -2.45. The van der Waals surface area contributed by atoms with Gasteiger partial charge in [0.15, 0.2) is 0 Å². The molecule has 12 nitrogen and oxygen atoms in total. The summed E-state index contributed by atoms with van der Waals surface area (Å²) < 4.78 is 12.1. The lowest BCUT2D eigenvalue weighted by molar-refractivity contribution is -0.182. The quantitative estimate of drug-likeness (QED) is 0.241. The number of nitrogens with zero attached hydrogens (tertiary/aromatic N) is 3. The minimum Gasteiger partial charge on any atom is -0.491 e. The highest BCUT2D eigenvalue weighted by molar-refractivity contribution is 5.92. The van der Waals surface area contributed by atoms with E-state index in [1.54, 1.807) is 24.1 Å². The molecule has 5 rings (SSSR count). The zero-order valence-electron chi connectivity index (χ0n) is 31.3. The van der Waals surface area contributed by atoms with Crippen molar-refractivity contribution < 1.29 is 39.2 Å². The van der Waals surface area contributed by atoms with Gasteiger partial charge in [-0.2, -0.15) is 5.06 Å². The third kappa shape index (κ3) is 9.04. The van der Waals surface area contributed by atoms with E-state index in [0.29, 0.717) is 49.2 Å². The van der Waals surface area contributed by atoms with Crippen LogP contribution in [0.5, 0.6) is 5.75 Å². The molecule has 0 bridgehead atoms. The number of nitrogens with one attached hydrogen (secondary N) is 1. The van der Waals surface area contributed by atoms with Gasteiger partial charge >= 0.3 is 5.97 Å². The van der Waals surface area contributed by atoms with Crippen LogP contribution in [0.1, 0.15) is 63.4 Å². The number of amides is 1. The van der Waals surface area contributed by atoms with Crippen LogP contribution < -0.4 is 15.0 Å². The summed E-state index contributed by atoms with van der Waals surface area (Å²) in [5.74, 6) is -0.706. The topological polar surface area (TPSA) is 144 Å². The first-order valence-corrected chi connectivity index (χ1v) is 18.3. The summed E-state index contributed by atoms with van der Waals surface area (Å²) in [6.45, 7) is 14.4. The molecule has 7 atom stereocenters. The fourth-order valence-corrected chi connectivity index (χ4v) is 7.98. The molecule has 0 aromatic heterocycles. The van der Waals surface area contributed by atoms with Crippen LogP contribution in [0.15, 0.2) is 36.4 Å². The van der Waals surface area contributed by atoms with Gasteiger partial charge in [-0.05, 0) is 60.8 Å². The zero-order chi connectivity index (χ0) is 37.0. The van der Waals surface area contributed by atoms with E-state index in [9.17, 15) is 24.9 Å². The van der Waals surface area contributed by atoms with Gasteiger partial charge in [0, 0.05) is 62.5 Å². The number of aliphatic hydroxyl groups excluding tert-OH is 2. The van der Waals surface area contributed by atoms with Gasteiger partial charge in [-0.3, -0.25) is 14.5 Å². The Bertz CT molecular complexity index is 1510. The zero-order valence-corrected chi connectivity index (χ0v) is 31.3. The second kappa shape index (κ2) is 16.6. The number of carboxylic acid groups (broad SMARTS) is 1. The SMILES string of the molecule is CC1CC(C)(C)[C@H](C)C[C@@H]1NC(=O)[C@@H]1[C@H]([C@H](C)O)C(CO)ON1Cc1cccc(-c2cc(C(=O)O)cc(N(C)C)c2)c1OCCN1CCOCC1. The molecule has 2 aliphatic heterocycles. The number of hydroxylamine groups is 2. The number of aliphatic hydroxyl groups is 2. The molecule has 12 heteroatoms. The third-order valence-electron chi connectivity index (χ3n) is 11.4. The summed E-state index contributed by atoms with van der Waals surface area (Å²) in [7, 11) is 3.73. The second-order valence-electron chi connectivity index (χ2n) is 15.7. The number of carboxylic acids is 1.